The molecule has 20 heavy (non-hydrogen) atoms. The van der Waals surface area contributed by atoms with Gasteiger partial charge in [0, 0.05) is 11.3 Å². The lowest BCUT2D eigenvalue weighted by Crippen LogP contribution is -2.01. The van der Waals surface area contributed by atoms with Crippen molar-refractivity contribution < 1.29 is 4.42 Å². The van der Waals surface area contributed by atoms with Gasteiger partial charge < -0.3 is 10.2 Å². The fourth-order valence-electron chi connectivity index (χ4n) is 2.31. The summed E-state index contributed by atoms with van der Waals surface area (Å²) in [7, 11) is 0. The van der Waals surface area contributed by atoms with Crippen LogP contribution in [0.3, 0.4) is 0 Å². The molecule has 1 aliphatic rings. The Labute approximate surface area is 124 Å². The van der Waals surface area contributed by atoms with E-state index in [1.807, 2.05) is 30.3 Å². The van der Waals surface area contributed by atoms with E-state index in [1.54, 1.807) is 0 Å². The van der Waals surface area contributed by atoms with Crippen LogP contribution in [-0.4, -0.2) is 9.97 Å². The number of para-hydroxylation sites is 1. The molecule has 2 N–H and O–H groups in total. The fraction of sp³-hybridized carbons (Fsp3) is 0.200. The Morgan fingerprint density at radius 2 is 2.00 bits per heavy atom. The minimum atomic E-state index is 0.470. The van der Waals surface area contributed by atoms with Crippen molar-refractivity contribution in [2.45, 2.75) is 18.8 Å². The minimum Gasteiger partial charge on any atom is -0.453 e. The summed E-state index contributed by atoms with van der Waals surface area (Å²) >= 11 is 3.48. The van der Waals surface area contributed by atoms with E-state index in [2.05, 4.69) is 25.9 Å². The van der Waals surface area contributed by atoms with E-state index < -0.39 is 0 Å². The monoisotopic (exact) mass is 329 g/mol. The van der Waals surface area contributed by atoms with Crippen LogP contribution in [0, 0.1) is 0 Å². The quantitative estimate of drug-likeness (QED) is 0.768. The molecule has 5 heteroatoms. The van der Waals surface area contributed by atoms with Crippen LogP contribution in [0.1, 0.15) is 24.5 Å². The molecule has 4 rings (SSSR count). The summed E-state index contributed by atoms with van der Waals surface area (Å²) in [5.41, 5.74) is 7.81. The van der Waals surface area contributed by atoms with Gasteiger partial charge in [-0.15, -0.1) is 0 Å². The maximum atomic E-state index is 5.98. The number of furan rings is 1. The molecule has 0 amide bonds. The number of hydrogen-bond donors (Lipinski definition) is 1. The molecule has 4 nitrogen and oxygen atoms in total. The molecule has 1 saturated carbocycles. The molecular formula is C15H12BrN3O. The van der Waals surface area contributed by atoms with Crippen molar-refractivity contribution in [1.82, 2.24) is 9.97 Å². The summed E-state index contributed by atoms with van der Waals surface area (Å²) in [5.74, 6) is 2.19. The molecule has 0 saturated heterocycles. The molecule has 1 aromatic carbocycles. The zero-order chi connectivity index (χ0) is 13.7. The summed E-state index contributed by atoms with van der Waals surface area (Å²) in [5, 5.41) is 1.04. The first kappa shape index (κ1) is 11.9. The first-order valence-electron chi connectivity index (χ1n) is 6.54. The van der Waals surface area contributed by atoms with Crippen molar-refractivity contribution in [3.8, 4) is 11.6 Å². The Morgan fingerprint density at radius 1 is 1.20 bits per heavy atom. The van der Waals surface area contributed by atoms with Crippen molar-refractivity contribution in [3.05, 3.63) is 40.5 Å². The highest BCUT2D eigenvalue weighted by molar-refractivity contribution is 9.10. The summed E-state index contributed by atoms with van der Waals surface area (Å²) in [6.45, 7) is 0. The maximum absolute atomic E-state index is 5.98. The van der Waals surface area contributed by atoms with Crippen molar-refractivity contribution in [2.75, 3.05) is 5.73 Å². The minimum absolute atomic E-state index is 0.470. The van der Waals surface area contributed by atoms with E-state index in [1.165, 1.54) is 0 Å². The Balaban J connectivity index is 1.88. The third-order valence-electron chi connectivity index (χ3n) is 3.51. The lowest BCUT2D eigenvalue weighted by Gasteiger charge is -2.06. The SMILES string of the molecule is Nc1nc(-c2cc3ccccc3o2)nc(C2CC2)c1Br. The van der Waals surface area contributed by atoms with Crippen molar-refractivity contribution in [1.29, 1.82) is 0 Å². The van der Waals surface area contributed by atoms with Gasteiger partial charge in [-0.05, 0) is 40.9 Å². The standard InChI is InChI=1S/C15H12BrN3O/c16-12-13(8-5-6-8)18-15(19-14(12)17)11-7-9-3-1-2-4-10(9)20-11/h1-4,7-8H,5-6H2,(H2,17,18,19). The van der Waals surface area contributed by atoms with Crippen molar-refractivity contribution >= 4 is 32.7 Å². The van der Waals surface area contributed by atoms with E-state index in [0.29, 0.717) is 23.3 Å². The van der Waals surface area contributed by atoms with Gasteiger partial charge in [0.05, 0.1) is 10.2 Å². The Bertz CT molecular complexity index is 775. The Hall–Kier alpha value is -1.88. The average molecular weight is 330 g/mol. The van der Waals surface area contributed by atoms with E-state index in [9.17, 15) is 0 Å². The molecule has 0 atom stereocenters. The Morgan fingerprint density at radius 3 is 2.75 bits per heavy atom. The molecule has 100 valence electrons. The third-order valence-corrected chi connectivity index (χ3v) is 4.32. The second-order valence-electron chi connectivity index (χ2n) is 5.05. The average Bonchev–Trinajstić information content (AvgIpc) is 3.19. The number of nitrogens with two attached hydrogens (primary N) is 1. The molecule has 0 aliphatic heterocycles. The van der Waals surface area contributed by atoms with E-state index >= 15 is 0 Å². The fourth-order valence-corrected chi connectivity index (χ4v) is 2.81. The second kappa shape index (κ2) is 4.31. The van der Waals surface area contributed by atoms with Crippen LogP contribution in [0.2, 0.25) is 0 Å². The summed E-state index contributed by atoms with van der Waals surface area (Å²) in [6.07, 6.45) is 2.32. The van der Waals surface area contributed by atoms with Crippen molar-refractivity contribution in [3.63, 3.8) is 0 Å². The lowest BCUT2D eigenvalue weighted by molar-refractivity contribution is 0.624. The van der Waals surface area contributed by atoms with Crippen LogP contribution in [0.4, 0.5) is 5.82 Å². The van der Waals surface area contributed by atoms with Gasteiger partial charge in [0.2, 0.25) is 0 Å². The second-order valence-corrected chi connectivity index (χ2v) is 5.85. The van der Waals surface area contributed by atoms with Crippen LogP contribution < -0.4 is 5.73 Å². The van der Waals surface area contributed by atoms with E-state index in [0.717, 1.165) is 34.0 Å². The van der Waals surface area contributed by atoms with Gasteiger partial charge >= 0.3 is 0 Å². The molecule has 1 fully saturated rings. The van der Waals surface area contributed by atoms with Gasteiger partial charge in [-0.25, -0.2) is 9.97 Å². The van der Waals surface area contributed by atoms with Crippen LogP contribution in [0.25, 0.3) is 22.6 Å². The summed E-state index contributed by atoms with van der Waals surface area (Å²) in [6, 6.07) is 9.82. The third kappa shape index (κ3) is 1.89. The molecule has 2 aromatic heterocycles. The molecule has 0 unspecified atom stereocenters. The highest BCUT2D eigenvalue weighted by Gasteiger charge is 2.29. The molecule has 0 radical (unpaired) electrons. The highest BCUT2D eigenvalue weighted by Crippen LogP contribution is 2.44. The molecule has 3 aromatic rings. The number of nitrogen functional groups attached to an aromatic ring is 1. The first-order valence-corrected chi connectivity index (χ1v) is 7.33. The number of benzene rings is 1. The van der Waals surface area contributed by atoms with E-state index in [4.69, 9.17) is 10.2 Å². The van der Waals surface area contributed by atoms with Crippen LogP contribution in [0.5, 0.6) is 0 Å². The molecule has 0 bridgehead atoms. The summed E-state index contributed by atoms with van der Waals surface area (Å²) < 4.78 is 6.63. The number of nitrogens with zero attached hydrogens (tertiary/aromatic N) is 2. The van der Waals surface area contributed by atoms with Crippen molar-refractivity contribution in [2.24, 2.45) is 0 Å². The smallest absolute Gasteiger partial charge is 0.197 e. The van der Waals surface area contributed by atoms with Crippen LogP contribution in [-0.2, 0) is 0 Å². The highest BCUT2D eigenvalue weighted by atomic mass is 79.9. The predicted molar refractivity (Wildman–Crippen MR) is 81.3 cm³/mol. The number of hydrogen-bond acceptors (Lipinski definition) is 4. The van der Waals surface area contributed by atoms with Gasteiger partial charge in [0.25, 0.3) is 0 Å². The Kier molecular flexibility index (Phi) is 2.57. The van der Waals surface area contributed by atoms with Gasteiger partial charge in [-0.3, -0.25) is 0 Å². The van der Waals surface area contributed by atoms with Crippen LogP contribution >= 0.6 is 15.9 Å². The normalized spacial score (nSPS) is 14.8. The maximum Gasteiger partial charge on any atom is 0.197 e. The number of rotatable bonds is 2. The van der Waals surface area contributed by atoms with Gasteiger partial charge in [0.1, 0.15) is 11.4 Å². The zero-order valence-corrected chi connectivity index (χ0v) is 12.2. The van der Waals surface area contributed by atoms with Gasteiger partial charge in [0.15, 0.2) is 11.6 Å². The zero-order valence-electron chi connectivity index (χ0n) is 10.6. The predicted octanol–water partition coefficient (Wildman–Crippen LogP) is 4.11. The molecule has 1 aliphatic carbocycles. The summed E-state index contributed by atoms with van der Waals surface area (Å²) in [4.78, 5) is 8.96. The van der Waals surface area contributed by atoms with E-state index in [-0.39, 0.29) is 0 Å². The first-order chi connectivity index (χ1) is 9.72. The molecule has 2 heterocycles. The number of aromatic nitrogens is 2. The lowest BCUT2D eigenvalue weighted by atomic mass is 10.2. The number of fused-ring (bicyclic) bond motifs is 1. The largest absolute Gasteiger partial charge is 0.453 e. The number of anilines is 1. The topological polar surface area (TPSA) is 64.9 Å². The van der Waals surface area contributed by atoms with Crippen LogP contribution in [0.15, 0.2) is 39.2 Å². The van der Waals surface area contributed by atoms with Gasteiger partial charge in [-0.2, -0.15) is 0 Å². The van der Waals surface area contributed by atoms with Gasteiger partial charge in [-0.1, -0.05) is 18.2 Å². The molecular weight excluding hydrogens is 318 g/mol. The molecule has 0 spiro atoms. The number of halogens is 1.